The standard InChI is InChI=1S/C19H21BrN2O2/c1-11(2)21-19(24)17-14(6-5-7-15(17)20)18(23)22-16-9-8-12(3)10-13(16)4/h5-11H,1-4H3,(H,21,24)(H,22,23). The van der Waals surface area contributed by atoms with E-state index in [9.17, 15) is 9.59 Å². The van der Waals surface area contributed by atoms with E-state index in [1.54, 1.807) is 18.2 Å². The van der Waals surface area contributed by atoms with Gasteiger partial charge in [-0.15, -0.1) is 0 Å². The van der Waals surface area contributed by atoms with E-state index in [1.807, 2.05) is 45.9 Å². The van der Waals surface area contributed by atoms with Crippen molar-refractivity contribution in [1.82, 2.24) is 5.32 Å². The number of carbonyl (C=O) groups excluding carboxylic acids is 2. The summed E-state index contributed by atoms with van der Waals surface area (Å²) in [5, 5.41) is 5.72. The van der Waals surface area contributed by atoms with E-state index < -0.39 is 0 Å². The lowest BCUT2D eigenvalue weighted by molar-refractivity contribution is 0.0930. The van der Waals surface area contributed by atoms with Crippen LogP contribution in [-0.2, 0) is 0 Å². The third-order valence-electron chi connectivity index (χ3n) is 3.54. The van der Waals surface area contributed by atoms with Gasteiger partial charge < -0.3 is 10.6 Å². The molecule has 2 N–H and O–H groups in total. The minimum absolute atomic E-state index is 0.0140. The van der Waals surface area contributed by atoms with E-state index in [-0.39, 0.29) is 17.9 Å². The van der Waals surface area contributed by atoms with Gasteiger partial charge in [0.2, 0.25) is 0 Å². The number of anilines is 1. The molecule has 0 aromatic heterocycles. The molecule has 0 atom stereocenters. The van der Waals surface area contributed by atoms with Crippen LogP contribution in [0.3, 0.4) is 0 Å². The number of hydrogen-bond acceptors (Lipinski definition) is 2. The second kappa shape index (κ2) is 7.62. The molecule has 0 aliphatic carbocycles. The molecule has 2 amide bonds. The fourth-order valence-corrected chi connectivity index (χ4v) is 2.97. The fourth-order valence-electron chi connectivity index (χ4n) is 2.42. The van der Waals surface area contributed by atoms with Crippen molar-refractivity contribution in [1.29, 1.82) is 0 Å². The molecular formula is C19H21BrN2O2. The number of benzene rings is 2. The Balaban J connectivity index is 2.35. The topological polar surface area (TPSA) is 58.2 Å². The molecule has 2 rings (SSSR count). The van der Waals surface area contributed by atoms with Crippen molar-refractivity contribution in [2.24, 2.45) is 0 Å². The molecule has 0 bridgehead atoms. The summed E-state index contributed by atoms with van der Waals surface area (Å²) in [4.78, 5) is 25.1. The van der Waals surface area contributed by atoms with Gasteiger partial charge >= 0.3 is 0 Å². The van der Waals surface area contributed by atoms with Gasteiger partial charge in [0.05, 0.1) is 11.1 Å². The Bertz CT molecular complexity index is 785. The number of hydrogen-bond donors (Lipinski definition) is 2. The Morgan fingerprint density at radius 2 is 1.75 bits per heavy atom. The second-order valence-corrected chi connectivity index (χ2v) is 6.92. The Morgan fingerprint density at radius 1 is 1.04 bits per heavy atom. The quantitative estimate of drug-likeness (QED) is 0.812. The lowest BCUT2D eigenvalue weighted by atomic mass is 10.0. The van der Waals surface area contributed by atoms with E-state index >= 15 is 0 Å². The molecule has 0 radical (unpaired) electrons. The first-order chi connectivity index (χ1) is 11.3. The minimum atomic E-state index is -0.308. The fraction of sp³-hybridized carbons (Fsp3) is 0.263. The lowest BCUT2D eigenvalue weighted by Gasteiger charge is -2.15. The monoisotopic (exact) mass is 388 g/mol. The van der Waals surface area contributed by atoms with Crippen molar-refractivity contribution in [3.05, 3.63) is 63.1 Å². The van der Waals surface area contributed by atoms with E-state index in [1.165, 1.54) is 0 Å². The van der Waals surface area contributed by atoms with Gasteiger partial charge in [0, 0.05) is 16.2 Å². The highest BCUT2D eigenvalue weighted by atomic mass is 79.9. The van der Waals surface area contributed by atoms with Crippen LogP contribution in [0.2, 0.25) is 0 Å². The molecule has 0 saturated heterocycles. The predicted octanol–water partition coefficient (Wildman–Crippen LogP) is 4.46. The Hall–Kier alpha value is -2.14. The molecule has 0 aliphatic rings. The third-order valence-corrected chi connectivity index (χ3v) is 4.20. The molecule has 0 unspecified atom stereocenters. The zero-order valence-electron chi connectivity index (χ0n) is 14.2. The molecule has 0 spiro atoms. The maximum atomic E-state index is 12.7. The van der Waals surface area contributed by atoms with Crippen LogP contribution in [0.4, 0.5) is 5.69 Å². The Morgan fingerprint density at radius 3 is 2.38 bits per heavy atom. The van der Waals surface area contributed by atoms with Crippen molar-refractivity contribution in [3.8, 4) is 0 Å². The molecule has 24 heavy (non-hydrogen) atoms. The summed E-state index contributed by atoms with van der Waals surface area (Å²) in [7, 11) is 0. The summed E-state index contributed by atoms with van der Waals surface area (Å²) in [5.41, 5.74) is 3.52. The van der Waals surface area contributed by atoms with Gasteiger partial charge in [-0.05, 0) is 67.4 Å². The van der Waals surface area contributed by atoms with Gasteiger partial charge in [0.15, 0.2) is 0 Å². The maximum absolute atomic E-state index is 12.7. The molecule has 4 nitrogen and oxygen atoms in total. The maximum Gasteiger partial charge on any atom is 0.256 e. The third kappa shape index (κ3) is 4.23. The van der Waals surface area contributed by atoms with E-state index in [0.717, 1.165) is 16.8 Å². The van der Waals surface area contributed by atoms with Gasteiger partial charge in [-0.25, -0.2) is 0 Å². The zero-order chi connectivity index (χ0) is 17.9. The van der Waals surface area contributed by atoms with E-state index in [4.69, 9.17) is 0 Å². The molecule has 5 heteroatoms. The number of rotatable bonds is 4. The van der Waals surface area contributed by atoms with Crippen molar-refractivity contribution in [2.45, 2.75) is 33.7 Å². The van der Waals surface area contributed by atoms with E-state index in [0.29, 0.717) is 15.6 Å². The highest BCUT2D eigenvalue weighted by molar-refractivity contribution is 9.10. The second-order valence-electron chi connectivity index (χ2n) is 6.06. The van der Waals surface area contributed by atoms with Crippen molar-refractivity contribution < 1.29 is 9.59 Å². The van der Waals surface area contributed by atoms with Gasteiger partial charge in [-0.3, -0.25) is 9.59 Å². The summed E-state index contributed by atoms with van der Waals surface area (Å²) in [6, 6.07) is 10.9. The molecule has 0 fully saturated rings. The van der Waals surface area contributed by atoms with Crippen molar-refractivity contribution in [3.63, 3.8) is 0 Å². The molecule has 2 aromatic rings. The molecular weight excluding hydrogens is 368 g/mol. The number of aryl methyl sites for hydroxylation is 2. The van der Waals surface area contributed by atoms with Gasteiger partial charge in [0.25, 0.3) is 11.8 Å². The normalized spacial score (nSPS) is 10.6. The van der Waals surface area contributed by atoms with Crippen LogP contribution in [0, 0.1) is 13.8 Å². The first-order valence-electron chi connectivity index (χ1n) is 7.77. The van der Waals surface area contributed by atoms with Crippen LogP contribution in [0.25, 0.3) is 0 Å². The minimum Gasteiger partial charge on any atom is -0.350 e. The van der Waals surface area contributed by atoms with E-state index in [2.05, 4.69) is 26.6 Å². The number of nitrogens with one attached hydrogen (secondary N) is 2. The summed E-state index contributed by atoms with van der Waals surface area (Å²) in [6.45, 7) is 7.70. The first kappa shape index (κ1) is 18.2. The highest BCUT2D eigenvalue weighted by Gasteiger charge is 2.21. The van der Waals surface area contributed by atoms with Crippen LogP contribution in [-0.4, -0.2) is 17.9 Å². The van der Waals surface area contributed by atoms with Gasteiger partial charge in [0.1, 0.15) is 0 Å². The first-order valence-corrected chi connectivity index (χ1v) is 8.57. The molecule has 0 heterocycles. The number of amides is 2. The summed E-state index contributed by atoms with van der Waals surface area (Å²) in [5.74, 6) is -0.583. The average molecular weight is 389 g/mol. The molecule has 2 aromatic carbocycles. The SMILES string of the molecule is Cc1ccc(NC(=O)c2cccc(Br)c2C(=O)NC(C)C)c(C)c1. The smallest absolute Gasteiger partial charge is 0.256 e. The largest absolute Gasteiger partial charge is 0.350 e. The van der Waals surface area contributed by atoms with Crippen molar-refractivity contribution >= 4 is 33.4 Å². The van der Waals surface area contributed by atoms with Crippen LogP contribution in [0.5, 0.6) is 0 Å². The van der Waals surface area contributed by atoms with Gasteiger partial charge in [-0.2, -0.15) is 0 Å². The lowest BCUT2D eigenvalue weighted by Crippen LogP contribution is -2.32. The molecule has 0 saturated carbocycles. The Kier molecular flexibility index (Phi) is 5.78. The molecule has 0 aliphatic heterocycles. The van der Waals surface area contributed by atoms with Gasteiger partial charge in [-0.1, -0.05) is 23.8 Å². The molecule has 126 valence electrons. The average Bonchev–Trinajstić information content (AvgIpc) is 2.48. The number of halogens is 1. The van der Waals surface area contributed by atoms with Crippen LogP contribution in [0.15, 0.2) is 40.9 Å². The van der Waals surface area contributed by atoms with Crippen molar-refractivity contribution in [2.75, 3.05) is 5.32 Å². The predicted molar refractivity (Wildman–Crippen MR) is 101 cm³/mol. The Labute approximate surface area is 150 Å². The zero-order valence-corrected chi connectivity index (χ0v) is 15.8. The highest BCUT2D eigenvalue weighted by Crippen LogP contribution is 2.23. The summed E-state index contributed by atoms with van der Waals surface area (Å²) in [6.07, 6.45) is 0. The van der Waals surface area contributed by atoms with Crippen LogP contribution >= 0.6 is 15.9 Å². The van der Waals surface area contributed by atoms with Crippen LogP contribution in [0.1, 0.15) is 45.7 Å². The summed E-state index contributed by atoms with van der Waals surface area (Å²) < 4.78 is 0.592. The van der Waals surface area contributed by atoms with Crippen LogP contribution < -0.4 is 10.6 Å². The number of carbonyl (C=O) groups is 2. The summed E-state index contributed by atoms with van der Waals surface area (Å²) >= 11 is 3.37.